The van der Waals surface area contributed by atoms with Gasteiger partial charge in [-0.3, -0.25) is 53.3 Å². The van der Waals surface area contributed by atoms with Gasteiger partial charge in [-0.1, -0.05) is 95.5 Å². The summed E-state index contributed by atoms with van der Waals surface area (Å²) in [5, 5.41) is 14.6. The van der Waals surface area contributed by atoms with Crippen LogP contribution in [0.1, 0.15) is 162 Å². The van der Waals surface area contributed by atoms with Crippen molar-refractivity contribution in [3.8, 4) is 0 Å². The summed E-state index contributed by atoms with van der Waals surface area (Å²) in [7, 11) is 0. The predicted molar refractivity (Wildman–Crippen MR) is 374 cm³/mol. The summed E-state index contributed by atoms with van der Waals surface area (Å²) in [4.78, 5) is 131. The number of benzene rings is 2. The number of halogens is 3. The summed E-state index contributed by atoms with van der Waals surface area (Å²) in [5.74, 6) is -5.01. The lowest BCUT2D eigenvalue weighted by Gasteiger charge is -2.36. The van der Waals surface area contributed by atoms with Crippen molar-refractivity contribution >= 4 is 122 Å². The summed E-state index contributed by atoms with van der Waals surface area (Å²) < 4.78 is 31.6. The molecule has 5 bridgehead atoms. The number of fused-ring (bicyclic) bond motifs is 5. The van der Waals surface area contributed by atoms with Crippen LogP contribution in [0.3, 0.4) is 0 Å². The number of amides is 6. The maximum Gasteiger partial charge on any atom is 0.408 e. The first-order chi connectivity index (χ1) is 46.6. The first kappa shape index (κ1) is 77.3. The Morgan fingerprint density at radius 3 is 2.09 bits per heavy atom. The van der Waals surface area contributed by atoms with Crippen LogP contribution in [0.15, 0.2) is 72.8 Å². The van der Waals surface area contributed by atoms with Gasteiger partial charge in [-0.05, 0) is 163 Å². The molecule has 0 aliphatic carbocycles. The molecule has 4 saturated heterocycles. The highest BCUT2D eigenvalue weighted by atomic mass is 35.6. The van der Waals surface area contributed by atoms with E-state index in [1.54, 1.807) is 80.5 Å². The quantitative estimate of drug-likeness (QED) is 0.0472. The molecule has 0 saturated carbocycles. The highest BCUT2D eigenvalue weighted by Gasteiger charge is 2.42. The number of pyridine rings is 2. The number of carbonyl (C=O) groups excluding carboxylic acids is 9. The zero-order valence-corrected chi connectivity index (χ0v) is 60.5. The molecular formula is C72H94Cl3N9O15. The predicted octanol–water partition coefficient (Wildman–Crippen LogP) is 9.66. The number of alkyl carbamates (subject to hydrolysis) is 1. The average Bonchev–Trinajstić information content (AvgIpc) is 0.981. The van der Waals surface area contributed by atoms with E-state index < -0.39 is 105 Å². The SMILES string of the molecule is C[C@@H]1NC(=O)[C@H](C2CCOCC2)OC(=O)C(C)(C)/C=C/c2ccc3ccc(nc3c2)[C@@H](C)NC(=O)[C@@H]2CCCN(N2)C1=O.C[C@H](NC(=O)[C@@H](OC(=O)C(C)(C)/C=C/c1ccc2ccc([C@@H](C)NC(=O)OC(C)(C)C)nc2c1)C1CCOCC1)C(=O)N1CCC[C@@H](C(=O)OCC(Cl)(Cl)Cl)C1. The number of nitrogens with zero attached hydrogens (tertiary/aromatic N) is 4. The fourth-order valence-electron chi connectivity index (χ4n) is 12.0. The molecule has 9 rings (SSSR count). The van der Waals surface area contributed by atoms with Gasteiger partial charge in [-0.25, -0.2) is 10.2 Å². The largest absolute Gasteiger partial charge is 0.461 e. The Labute approximate surface area is 593 Å². The second-order valence-electron chi connectivity index (χ2n) is 28.3. The van der Waals surface area contributed by atoms with Crippen molar-refractivity contribution < 1.29 is 71.6 Å². The Morgan fingerprint density at radius 1 is 0.768 bits per heavy atom. The topological polar surface area (TPSA) is 301 Å². The standard InChI is InChI=1S/C40H53Cl3N4O9.C32H41N5O6/c1-24(45-37(52)56-38(3,4)5)30-13-12-27-11-10-26(21-31(27)46-30)14-17-39(6,7)36(51)55-32(28-15-19-53-20-16-28)33(48)44-25(2)34(49)47-18-8-9-29(22-47)35(50)54-23-40(41,42)43;1-19-24-10-9-22-8-7-21(18-26(22)35-24)11-14-32(3,4)31(41)43-27(23-12-16-42-17-13-23)29(39)34-20(2)30(40)37-15-5-6-25(36-37)28(38)33-19/h10-14,17,21,24-25,28-29,32H,8-9,15-16,18-20,22-23H2,1-7H3,(H,44,48)(H,45,52);7-11,14,18-20,23,25,27,36H,5-6,12-13,15-17H2,1-4H3,(H,33,38)(H,34,39)/b17-14+;14-11+/t24-,25+,29-,32+;19-,20+,25+,27+/m11/s1. The fraction of sp³-hybridized carbons (Fsp3) is 0.569. The average molecular weight is 1430 g/mol. The van der Waals surface area contributed by atoms with E-state index in [2.05, 4.69) is 26.7 Å². The molecule has 6 amide bonds. The summed E-state index contributed by atoms with van der Waals surface area (Å²) >= 11 is 17.1. The lowest BCUT2D eigenvalue weighted by Crippen LogP contribution is -2.61. The molecule has 0 radical (unpaired) electrons. The van der Waals surface area contributed by atoms with Gasteiger partial charge in [0.2, 0.25) is 15.6 Å². The molecule has 7 heterocycles. The normalized spacial score (nSPS) is 23.1. The van der Waals surface area contributed by atoms with Gasteiger partial charge in [-0.15, -0.1) is 0 Å². The Morgan fingerprint density at radius 2 is 1.40 bits per heavy atom. The number of esters is 3. The van der Waals surface area contributed by atoms with Crippen LogP contribution < -0.4 is 26.7 Å². The zero-order valence-electron chi connectivity index (χ0n) is 58.2. The first-order valence-electron chi connectivity index (χ1n) is 33.9. The van der Waals surface area contributed by atoms with Crippen molar-refractivity contribution in [1.29, 1.82) is 0 Å². The molecular weight excluding hydrogens is 1340 g/mol. The third kappa shape index (κ3) is 22.0. The molecule has 538 valence electrons. The van der Waals surface area contributed by atoms with Gasteiger partial charge in [0.05, 0.1) is 51.3 Å². The number of hydrazine groups is 1. The van der Waals surface area contributed by atoms with Crippen LogP contribution in [-0.4, -0.2) is 166 Å². The smallest absolute Gasteiger partial charge is 0.408 e. The minimum atomic E-state index is -1.75. The van der Waals surface area contributed by atoms with Gasteiger partial charge >= 0.3 is 24.0 Å². The van der Waals surface area contributed by atoms with E-state index in [1.165, 1.54) is 9.91 Å². The van der Waals surface area contributed by atoms with E-state index >= 15 is 0 Å². The minimum Gasteiger partial charge on any atom is -0.461 e. The zero-order chi connectivity index (χ0) is 72.1. The van der Waals surface area contributed by atoms with Gasteiger partial charge in [0.25, 0.3) is 17.7 Å². The molecule has 27 heteroatoms. The van der Waals surface area contributed by atoms with Crippen LogP contribution in [-0.2, 0) is 66.8 Å². The maximum absolute atomic E-state index is 13.8. The summed E-state index contributed by atoms with van der Waals surface area (Å²) in [5.41, 5.74) is 4.66. The van der Waals surface area contributed by atoms with Crippen molar-refractivity contribution in [1.82, 2.24) is 46.6 Å². The molecule has 99 heavy (non-hydrogen) atoms. The number of likely N-dealkylation sites (tertiary alicyclic amines) is 1. The van der Waals surface area contributed by atoms with E-state index in [-0.39, 0.29) is 42.1 Å². The third-order valence-corrected chi connectivity index (χ3v) is 18.3. The number of cyclic esters (lactones) is 1. The molecule has 5 aliphatic heterocycles. The number of hydrogen-bond donors (Lipinski definition) is 5. The molecule has 24 nitrogen and oxygen atoms in total. The first-order valence-corrected chi connectivity index (χ1v) is 35.0. The van der Waals surface area contributed by atoms with Crippen molar-refractivity contribution in [3.05, 3.63) is 95.3 Å². The second kappa shape index (κ2) is 33.8. The minimum absolute atomic E-state index is 0.0928. The number of alkyl halides is 3. The molecule has 0 spiro atoms. The molecule has 0 unspecified atom stereocenters. The second-order valence-corrected chi connectivity index (χ2v) is 30.8. The van der Waals surface area contributed by atoms with Crippen molar-refractivity contribution in [2.45, 2.75) is 179 Å². The Kier molecular flexibility index (Phi) is 26.4. The number of nitrogens with one attached hydrogen (secondary N) is 5. The number of ether oxygens (including phenoxy) is 6. The number of piperidine rings is 1. The maximum atomic E-state index is 13.8. The highest BCUT2D eigenvalue weighted by Crippen LogP contribution is 2.32. The van der Waals surface area contributed by atoms with E-state index in [9.17, 15) is 43.2 Å². The van der Waals surface area contributed by atoms with Gasteiger partial charge in [-0.2, -0.15) is 0 Å². The van der Waals surface area contributed by atoms with Gasteiger partial charge in [0, 0.05) is 68.7 Å². The van der Waals surface area contributed by atoms with Crippen LogP contribution in [0.25, 0.3) is 34.0 Å². The fourth-order valence-corrected chi connectivity index (χ4v) is 12.1. The Hall–Kier alpha value is -7.48. The molecule has 4 aromatic rings. The van der Waals surface area contributed by atoms with E-state index in [0.717, 1.165) is 27.4 Å². The van der Waals surface area contributed by atoms with Crippen molar-refractivity contribution in [2.24, 2.45) is 28.6 Å². The summed E-state index contributed by atoms with van der Waals surface area (Å²) in [6.45, 7) is 21.3. The Balaban J connectivity index is 0.000000260. The number of hydrogen-bond acceptors (Lipinski definition) is 18. The lowest BCUT2D eigenvalue weighted by molar-refractivity contribution is -0.168. The summed E-state index contributed by atoms with van der Waals surface area (Å²) in [6.07, 6.45) is 8.64. The van der Waals surface area contributed by atoms with Crippen molar-refractivity contribution in [2.75, 3.05) is 52.7 Å². The monoisotopic (exact) mass is 1430 g/mol. The number of carbonyl (C=O) groups is 9. The Bertz CT molecular complexity index is 3660. The molecule has 5 N–H and O–H groups in total. The van der Waals surface area contributed by atoms with E-state index in [4.69, 9.17) is 73.2 Å². The molecule has 4 fully saturated rings. The van der Waals surface area contributed by atoms with Gasteiger partial charge < -0.3 is 54.6 Å². The number of rotatable bonds is 13. The van der Waals surface area contributed by atoms with Crippen molar-refractivity contribution in [3.63, 3.8) is 0 Å². The molecule has 5 aliphatic rings. The lowest BCUT2D eigenvalue weighted by atomic mass is 9.90. The van der Waals surface area contributed by atoms with Gasteiger partial charge in [0.15, 0.2) is 12.2 Å². The molecule has 2 aromatic heterocycles. The van der Waals surface area contributed by atoms with Crippen LogP contribution in [0, 0.1) is 28.6 Å². The third-order valence-electron chi connectivity index (χ3n) is 17.9. The van der Waals surface area contributed by atoms with Gasteiger partial charge in [0.1, 0.15) is 30.3 Å². The van der Waals surface area contributed by atoms with Crippen LogP contribution in [0.2, 0.25) is 0 Å². The van der Waals surface area contributed by atoms with E-state index in [1.807, 2.05) is 80.6 Å². The highest BCUT2D eigenvalue weighted by molar-refractivity contribution is 6.67. The molecule has 2 aromatic carbocycles. The van der Waals surface area contributed by atoms with Crippen LogP contribution >= 0.6 is 34.8 Å². The van der Waals surface area contributed by atoms with E-state index in [0.29, 0.717) is 108 Å². The molecule has 8 atom stereocenters. The van der Waals surface area contributed by atoms with Crippen LogP contribution in [0.5, 0.6) is 0 Å². The number of aromatic nitrogens is 2. The van der Waals surface area contributed by atoms with Crippen LogP contribution in [0.4, 0.5) is 4.79 Å². The summed E-state index contributed by atoms with van der Waals surface area (Å²) in [6, 6.07) is 15.9.